The molecule has 3 rings (SSSR count). The molecule has 2 bridgehead atoms. The van der Waals surface area contributed by atoms with Gasteiger partial charge in [-0.3, -0.25) is 0 Å². The largest absolute Gasteiger partial charge is 0.469 e. The predicted molar refractivity (Wildman–Crippen MR) is 72.6 cm³/mol. The van der Waals surface area contributed by atoms with Gasteiger partial charge in [-0.05, 0) is 57.3 Å². The molecule has 2 aliphatic heterocycles. The molecule has 4 unspecified atom stereocenters. The molecule has 18 heavy (non-hydrogen) atoms. The third-order valence-corrected chi connectivity index (χ3v) is 4.54. The Hall–Kier alpha value is -0.800. The van der Waals surface area contributed by atoms with Crippen molar-refractivity contribution < 1.29 is 4.42 Å². The number of rotatable bonds is 5. The van der Waals surface area contributed by atoms with Crippen molar-refractivity contribution in [3.63, 3.8) is 0 Å². The van der Waals surface area contributed by atoms with Crippen molar-refractivity contribution >= 4 is 0 Å². The SMILES string of the molecule is CC(CCc1ccco1)NC1CCN2CCC1C2. The molecular weight excluding hydrogens is 224 g/mol. The summed E-state index contributed by atoms with van der Waals surface area (Å²) in [7, 11) is 0. The zero-order chi connectivity index (χ0) is 12.4. The van der Waals surface area contributed by atoms with E-state index in [9.17, 15) is 0 Å². The van der Waals surface area contributed by atoms with E-state index in [1.165, 1.54) is 38.9 Å². The van der Waals surface area contributed by atoms with Crippen LogP contribution in [0, 0.1) is 5.92 Å². The molecule has 0 spiro atoms. The minimum atomic E-state index is 0.590. The number of fused-ring (bicyclic) bond motifs is 2. The summed E-state index contributed by atoms with van der Waals surface area (Å²) in [5.74, 6) is 2.00. The molecule has 4 atom stereocenters. The van der Waals surface area contributed by atoms with E-state index >= 15 is 0 Å². The van der Waals surface area contributed by atoms with Gasteiger partial charge in [-0.1, -0.05) is 0 Å². The number of piperidine rings is 1. The van der Waals surface area contributed by atoms with Gasteiger partial charge in [0, 0.05) is 25.0 Å². The molecule has 0 amide bonds. The lowest BCUT2D eigenvalue weighted by molar-refractivity contribution is 0.209. The van der Waals surface area contributed by atoms with E-state index in [1.807, 2.05) is 6.07 Å². The van der Waals surface area contributed by atoms with Gasteiger partial charge in [-0.2, -0.15) is 0 Å². The minimum Gasteiger partial charge on any atom is -0.469 e. The van der Waals surface area contributed by atoms with Crippen LogP contribution >= 0.6 is 0 Å². The van der Waals surface area contributed by atoms with Gasteiger partial charge >= 0.3 is 0 Å². The van der Waals surface area contributed by atoms with Gasteiger partial charge < -0.3 is 14.6 Å². The van der Waals surface area contributed by atoms with Crippen LogP contribution in [-0.4, -0.2) is 36.6 Å². The fraction of sp³-hybridized carbons (Fsp3) is 0.733. The molecule has 3 heterocycles. The Labute approximate surface area is 110 Å². The number of hydrogen-bond acceptors (Lipinski definition) is 3. The number of aryl methyl sites for hydroxylation is 1. The maximum absolute atomic E-state index is 5.39. The summed E-state index contributed by atoms with van der Waals surface area (Å²) < 4.78 is 5.39. The van der Waals surface area contributed by atoms with E-state index in [-0.39, 0.29) is 0 Å². The summed E-state index contributed by atoms with van der Waals surface area (Å²) in [6.07, 6.45) is 6.70. The van der Waals surface area contributed by atoms with Crippen molar-refractivity contribution in [2.75, 3.05) is 19.6 Å². The highest BCUT2D eigenvalue weighted by atomic mass is 16.3. The monoisotopic (exact) mass is 248 g/mol. The maximum atomic E-state index is 5.39. The average molecular weight is 248 g/mol. The normalized spacial score (nSPS) is 32.6. The van der Waals surface area contributed by atoms with Crippen molar-refractivity contribution in [2.45, 2.75) is 44.7 Å². The highest BCUT2D eigenvalue weighted by molar-refractivity contribution is 4.99. The van der Waals surface area contributed by atoms with Crippen LogP contribution in [0.25, 0.3) is 0 Å². The first kappa shape index (κ1) is 12.2. The first-order valence-corrected chi connectivity index (χ1v) is 7.32. The highest BCUT2D eigenvalue weighted by Gasteiger charge is 2.34. The Morgan fingerprint density at radius 3 is 3.17 bits per heavy atom. The minimum absolute atomic E-state index is 0.590. The summed E-state index contributed by atoms with van der Waals surface area (Å²) in [4.78, 5) is 2.61. The summed E-state index contributed by atoms with van der Waals surface area (Å²) in [6, 6.07) is 5.38. The molecule has 3 heteroatoms. The molecule has 0 radical (unpaired) electrons. The second-order valence-corrected chi connectivity index (χ2v) is 5.93. The lowest BCUT2D eigenvalue weighted by Crippen LogP contribution is -2.47. The van der Waals surface area contributed by atoms with Crippen molar-refractivity contribution in [1.29, 1.82) is 0 Å². The van der Waals surface area contributed by atoms with Crippen LogP contribution in [0.3, 0.4) is 0 Å². The maximum Gasteiger partial charge on any atom is 0.103 e. The molecule has 0 aliphatic carbocycles. The van der Waals surface area contributed by atoms with E-state index in [0.29, 0.717) is 6.04 Å². The molecule has 2 fully saturated rings. The van der Waals surface area contributed by atoms with E-state index in [1.54, 1.807) is 6.26 Å². The van der Waals surface area contributed by atoms with Crippen molar-refractivity contribution in [2.24, 2.45) is 5.92 Å². The first-order valence-electron chi connectivity index (χ1n) is 7.32. The average Bonchev–Trinajstić information content (AvgIpc) is 3.01. The van der Waals surface area contributed by atoms with Gasteiger partial charge in [0.2, 0.25) is 0 Å². The number of nitrogens with one attached hydrogen (secondary N) is 1. The summed E-state index contributed by atoms with van der Waals surface area (Å²) in [5, 5.41) is 3.84. The van der Waals surface area contributed by atoms with Crippen LogP contribution < -0.4 is 5.32 Å². The molecule has 2 saturated heterocycles. The lowest BCUT2D eigenvalue weighted by Gasteiger charge is -2.33. The van der Waals surface area contributed by atoms with Crippen molar-refractivity contribution in [3.05, 3.63) is 24.2 Å². The van der Waals surface area contributed by atoms with Gasteiger partial charge in [-0.15, -0.1) is 0 Å². The topological polar surface area (TPSA) is 28.4 Å². The fourth-order valence-electron chi connectivity index (χ4n) is 3.43. The third-order valence-electron chi connectivity index (χ3n) is 4.54. The Balaban J connectivity index is 1.44. The zero-order valence-electron chi connectivity index (χ0n) is 11.3. The van der Waals surface area contributed by atoms with E-state index in [0.717, 1.165) is 24.1 Å². The molecule has 100 valence electrons. The standard InChI is InChI=1S/C15H24N2O/c1-12(4-5-14-3-2-10-18-14)16-15-7-9-17-8-6-13(15)11-17/h2-3,10,12-13,15-16H,4-9,11H2,1H3. The fourth-order valence-corrected chi connectivity index (χ4v) is 3.43. The quantitative estimate of drug-likeness (QED) is 0.866. The van der Waals surface area contributed by atoms with Crippen LogP contribution in [0.5, 0.6) is 0 Å². The van der Waals surface area contributed by atoms with E-state index in [4.69, 9.17) is 4.42 Å². The second-order valence-electron chi connectivity index (χ2n) is 5.93. The Kier molecular flexibility index (Phi) is 3.71. The molecular formula is C15H24N2O. The molecule has 1 aromatic heterocycles. The molecule has 0 aromatic carbocycles. The lowest BCUT2D eigenvalue weighted by atomic mass is 9.93. The number of furan rings is 1. The third kappa shape index (κ3) is 2.78. The van der Waals surface area contributed by atoms with E-state index < -0.39 is 0 Å². The predicted octanol–water partition coefficient (Wildman–Crippen LogP) is 2.28. The molecule has 1 aromatic rings. The zero-order valence-corrected chi connectivity index (χ0v) is 11.3. The smallest absolute Gasteiger partial charge is 0.103 e. The van der Waals surface area contributed by atoms with Gasteiger partial charge in [0.05, 0.1) is 6.26 Å². The van der Waals surface area contributed by atoms with Crippen LogP contribution in [0.2, 0.25) is 0 Å². The summed E-state index contributed by atoms with van der Waals surface area (Å²) in [6.45, 7) is 6.25. The van der Waals surface area contributed by atoms with Crippen LogP contribution in [0.1, 0.15) is 31.9 Å². The molecule has 2 aliphatic rings. The van der Waals surface area contributed by atoms with Crippen molar-refractivity contribution in [3.8, 4) is 0 Å². The van der Waals surface area contributed by atoms with Crippen molar-refractivity contribution in [1.82, 2.24) is 10.2 Å². The summed E-state index contributed by atoms with van der Waals surface area (Å²) in [5.41, 5.74) is 0. The Bertz CT molecular complexity index is 363. The van der Waals surface area contributed by atoms with Crippen LogP contribution in [0.4, 0.5) is 0 Å². The molecule has 0 saturated carbocycles. The van der Waals surface area contributed by atoms with Gasteiger partial charge in [0.1, 0.15) is 5.76 Å². The Morgan fingerprint density at radius 1 is 1.44 bits per heavy atom. The van der Waals surface area contributed by atoms with Gasteiger partial charge in [0.15, 0.2) is 0 Å². The Morgan fingerprint density at radius 2 is 2.33 bits per heavy atom. The number of nitrogens with zero attached hydrogens (tertiary/aromatic N) is 1. The number of hydrogen-bond donors (Lipinski definition) is 1. The molecule has 3 nitrogen and oxygen atoms in total. The van der Waals surface area contributed by atoms with Crippen LogP contribution in [0.15, 0.2) is 22.8 Å². The van der Waals surface area contributed by atoms with E-state index in [2.05, 4.69) is 23.2 Å². The van der Waals surface area contributed by atoms with Gasteiger partial charge in [0.25, 0.3) is 0 Å². The summed E-state index contributed by atoms with van der Waals surface area (Å²) >= 11 is 0. The highest BCUT2D eigenvalue weighted by Crippen LogP contribution is 2.27. The first-order chi connectivity index (χ1) is 8.81. The van der Waals surface area contributed by atoms with Gasteiger partial charge in [-0.25, -0.2) is 0 Å². The molecule has 1 N–H and O–H groups in total. The van der Waals surface area contributed by atoms with Crippen LogP contribution in [-0.2, 0) is 6.42 Å². The second kappa shape index (κ2) is 5.45.